The quantitative estimate of drug-likeness (QED) is 0.804. The van der Waals surface area contributed by atoms with Gasteiger partial charge < -0.3 is 9.84 Å². The number of ether oxygens (including phenoxy) is 1. The number of aliphatic hydroxyl groups excluding tert-OH is 1. The van der Waals surface area contributed by atoms with Gasteiger partial charge in [0.25, 0.3) is 0 Å². The van der Waals surface area contributed by atoms with E-state index in [-0.39, 0.29) is 19.0 Å². The summed E-state index contributed by atoms with van der Waals surface area (Å²) in [5.74, 6) is -0.298. The summed E-state index contributed by atoms with van der Waals surface area (Å²) in [6.07, 6.45) is 0.808. The molecule has 96 valence electrons. The van der Waals surface area contributed by atoms with Gasteiger partial charge in [0.15, 0.2) is 0 Å². The van der Waals surface area contributed by atoms with Crippen molar-refractivity contribution in [2.45, 2.75) is 33.3 Å². The fraction of sp³-hybridized carbons (Fsp3) is 0.429. The van der Waals surface area contributed by atoms with Crippen molar-refractivity contribution in [1.82, 2.24) is 0 Å². The predicted octanol–water partition coefficient (Wildman–Crippen LogP) is 1.72. The molecule has 0 spiro atoms. The summed E-state index contributed by atoms with van der Waals surface area (Å²) in [5, 5.41) is 18.3. The van der Waals surface area contributed by atoms with Crippen molar-refractivity contribution in [3.63, 3.8) is 0 Å². The first-order chi connectivity index (χ1) is 8.67. The molecule has 0 heterocycles. The summed E-state index contributed by atoms with van der Waals surface area (Å²) in [5.41, 5.74) is 2.69. The van der Waals surface area contributed by atoms with Crippen LogP contribution in [0.25, 0.3) is 0 Å². The number of benzene rings is 1. The average molecular weight is 247 g/mol. The molecule has 1 aromatic carbocycles. The smallest absolute Gasteiger partial charge is 0.310 e. The van der Waals surface area contributed by atoms with Crippen LogP contribution in [0.15, 0.2) is 12.1 Å². The monoisotopic (exact) mass is 247 g/mol. The molecule has 0 radical (unpaired) electrons. The summed E-state index contributed by atoms with van der Waals surface area (Å²) in [4.78, 5) is 11.5. The number of aliphatic hydroxyl groups is 1. The number of esters is 1. The normalized spacial score (nSPS) is 9.89. The molecule has 0 aliphatic heterocycles. The minimum absolute atomic E-state index is 0.164. The molecule has 4 nitrogen and oxygen atoms in total. The second-order valence-electron chi connectivity index (χ2n) is 3.84. The van der Waals surface area contributed by atoms with Crippen molar-refractivity contribution < 1.29 is 14.6 Å². The van der Waals surface area contributed by atoms with Crippen molar-refractivity contribution in [3.05, 3.63) is 34.4 Å². The third kappa shape index (κ3) is 3.08. The van der Waals surface area contributed by atoms with E-state index in [1.807, 2.05) is 6.92 Å². The maximum absolute atomic E-state index is 11.5. The molecule has 0 aliphatic rings. The molecule has 0 aromatic heterocycles. The number of nitrogens with zero attached hydrogens (tertiary/aromatic N) is 1. The molecule has 0 saturated carbocycles. The highest BCUT2D eigenvalue weighted by atomic mass is 16.5. The van der Waals surface area contributed by atoms with E-state index in [1.165, 1.54) is 0 Å². The van der Waals surface area contributed by atoms with Crippen molar-refractivity contribution in [2.24, 2.45) is 0 Å². The molecule has 0 unspecified atom stereocenters. The van der Waals surface area contributed by atoms with Crippen LogP contribution in [-0.2, 0) is 29.0 Å². The molecule has 0 aliphatic carbocycles. The lowest BCUT2D eigenvalue weighted by atomic mass is 9.93. The number of rotatable bonds is 5. The van der Waals surface area contributed by atoms with Crippen molar-refractivity contribution >= 4 is 5.97 Å². The van der Waals surface area contributed by atoms with Gasteiger partial charge in [0.05, 0.1) is 31.3 Å². The number of nitriles is 1. The molecular formula is C14H17NO3. The van der Waals surface area contributed by atoms with Gasteiger partial charge in [0.1, 0.15) is 0 Å². The third-order valence-corrected chi connectivity index (χ3v) is 2.77. The standard InChI is InChI=1S/C14H17NO3/c1-3-12-10(7-14(17)18-4-2)5-6-11(9-16)13(12)8-15/h5-6,16H,3-4,7,9H2,1-2H3. The van der Waals surface area contributed by atoms with E-state index in [0.717, 1.165) is 11.1 Å². The largest absolute Gasteiger partial charge is 0.466 e. The highest BCUT2D eigenvalue weighted by Crippen LogP contribution is 2.20. The molecule has 0 atom stereocenters. The van der Waals surface area contributed by atoms with Gasteiger partial charge in [0, 0.05) is 0 Å². The minimum Gasteiger partial charge on any atom is -0.466 e. The number of hydrogen-bond donors (Lipinski definition) is 1. The molecule has 18 heavy (non-hydrogen) atoms. The Morgan fingerprint density at radius 2 is 2.06 bits per heavy atom. The Bertz CT molecular complexity index is 475. The summed E-state index contributed by atoms with van der Waals surface area (Å²) in [7, 11) is 0. The maximum atomic E-state index is 11.5. The van der Waals surface area contributed by atoms with Crippen LogP contribution in [0.3, 0.4) is 0 Å². The Labute approximate surface area is 107 Å². The molecule has 1 N–H and O–H groups in total. The minimum atomic E-state index is -0.298. The van der Waals surface area contributed by atoms with Gasteiger partial charge in [-0.05, 0) is 30.0 Å². The number of carbonyl (C=O) groups excluding carboxylic acids is 1. The molecule has 1 aromatic rings. The van der Waals surface area contributed by atoms with Gasteiger partial charge in [-0.15, -0.1) is 0 Å². The van der Waals surface area contributed by atoms with Crippen LogP contribution in [0.5, 0.6) is 0 Å². The zero-order valence-electron chi connectivity index (χ0n) is 10.7. The lowest BCUT2D eigenvalue weighted by Gasteiger charge is -2.12. The Morgan fingerprint density at radius 1 is 1.39 bits per heavy atom. The fourth-order valence-electron chi connectivity index (χ4n) is 1.95. The Hall–Kier alpha value is -1.86. The van der Waals surface area contributed by atoms with Crippen LogP contribution >= 0.6 is 0 Å². The summed E-state index contributed by atoms with van der Waals surface area (Å²) in [6.45, 7) is 3.86. The average Bonchev–Trinajstić information content (AvgIpc) is 2.38. The first-order valence-electron chi connectivity index (χ1n) is 5.98. The van der Waals surface area contributed by atoms with Gasteiger partial charge in [-0.3, -0.25) is 4.79 Å². The zero-order chi connectivity index (χ0) is 13.5. The van der Waals surface area contributed by atoms with E-state index in [2.05, 4.69) is 6.07 Å². The zero-order valence-corrected chi connectivity index (χ0v) is 10.7. The van der Waals surface area contributed by atoms with Gasteiger partial charge >= 0.3 is 5.97 Å². The van der Waals surface area contributed by atoms with Crippen LogP contribution < -0.4 is 0 Å². The Kier molecular flexibility index (Phi) is 5.34. The van der Waals surface area contributed by atoms with Gasteiger partial charge in [-0.25, -0.2) is 0 Å². The van der Waals surface area contributed by atoms with Gasteiger partial charge in [0.2, 0.25) is 0 Å². The highest BCUT2D eigenvalue weighted by molar-refractivity contribution is 5.73. The lowest BCUT2D eigenvalue weighted by molar-refractivity contribution is -0.142. The predicted molar refractivity (Wildman–Crippen MR) is 66.8 cm³/mol. The van der Waals surface area contributed by atoms with E-state index < -0.39 is 0 Å². The van der Waals surface area contributed by atoms with Crippen LogP contribution in [0.1, 0.15) is 36.1 Å². The fourth-order valence-corrected chi connectivity index (χ4v) is 1.95. The van der Waals surface area contributed by atoms with Crippen LogP contribution in [0.4, 0.5) is 0 Å². The van der Waals surface area contributed by atoms with Crippen molar-refractivity contribution in [1.29, 1.82) is 5.26 Å². The topological polar surface area (TPSA) is 70.3 Å². The third-order valence-electron chi connectivity index (χ3n) is 2.77. The van der Waals surface area contributed by atoms with Gasteiger partial charge in [-0.2, -0.15) is 5.26 Å². The van der Waals surface area contributed by atoms with E-state index >= 15 is 0 Å². The lowest BCUT2D eigenvalue weighted by Crippen LogP contribution is -2.11. The summed E-state index contributed by atoms with van der Waals surface area (Å²) >= 11 is 0. The molecule has 0 fully saturated rings. The maximum Gasteiger partial charge on any atom is 0.310 e. The van der Waals surface area contributed by atoms with Crippen molar-refractivity contribution in [2.75, 3.05) is 6.61 Å². The second-order valence-corrected chi connectivity index (χ2v) is 3.84. The summed E-state index contributed by atoms with van der Waals surface area (Å²) < 4.78 is 4.90. The highest BCUT2D eigenvalue weighted by Gasteiger charge is 2.14. The van der Waals surface area contributed by atoms with Crippen LogP contribution in [0.2, 0.25) is 0 Å². The first-order valence-corrected chi connectivity index (χ1v) is 5.98. The van der Waals surface area contributed by atoms with Crippen molar-refractivity contribution in [3.8, 4) is 6.07 Å². The van der Waals surface area contributed by atoms with E-state index in [4.69, 9.17) is 10.00 Å². The molecule has 4 heteroatoms. The summed E-state index contributed by atoms with van der Waals surface area (Å²) in [6, 6.07) is 5.57. The molecule has 0 saturated heterocycles. The molecule has 0 bridgehead atoms. The Balaban J connectivity index is 3.14. The van der Waals surface area contributed by atoms with E-state index in [0.29, 0.717) is 24.2 Å². The molecule has 1 rings (SSSR count). The van der Waals surface area contributed by atoms with Crippen LogP contribution in [-0.4, -0.2) is 17.7 Å². The first kappa shape index (κ1) is 14.2. The number of carbonyl (C=O) groups is 1. The second kappa shape index (κ2) is 6.77. The van der Waals surface area contributed by atoms with Crippen LogP contribution in [0, 0.1) is 11.3 Å². The van der Waals surface area contributed by atoms with E-state index in [1.54, 1.807) is 19.1 Å². The SMILES string of the molecule is CCOC(=O)Cc1ccc(CO)c(C#N)c1CC. The number of hydrogen-bond acceptors (Lipinski definition) is 4. The molecule has 0 amide bonds. The van der Waals surface area contributed by atoms with Gasteiger partial charge in [-0.1, -0.05) is 19.1 Å². The molecular weight excluding hydrogens is 230 g/mol. The van der Waals surface area contributed by atoms with E-state index in [9.17, 15) is 9.90 Å². The Morgan fingerprint density at radius 3 is 2.56 bits per heavy atom.